The van der Waals surface area contributed by atoms with E-state index in [1.54, 1.807) is 0 Å². The first kappa shape index (κ1) is 21.8. The maximum atomic E-state index is 13.0. The average Bonchev–Trinajstić information content (AvgIpc) is 2.93. The second kappa shape index (κ2) is 7.88. The lowest BCUT2D eigenvalue weighted by Crippen LogP contribution is -2.21. The van der Waals surface area contributed by atoms with Gasteiger partial charge in [0, 0.05) is 0 Å². The van der Waals surface area contributed by atoms with Gasteiger partial charge in [-0.15, -0.1) is 0 Å². The van der Waals surface area contributed by atoms with Crippen LogP contribution in [0.15, 0.2) is 12.3 Å². The molecule has 1 amide bonds. The van der Waals surface area contributed by atoms with E-state index in [2.05, 4.69) is 5.10 Å². The molecule has 0 unspecified atom stereocenters. The molecule has 0 radical (unpaired) electrons. The Morgan fingerprint density at radius 2 is 1.85 bits per heavy atom. The molecule has 7 nitrogen and oxygen atoms in total. The van der Waals surface area contributed by atoms with Crippen molar-refractivity contribution in [2.24, 2.45) is 0 Å². The SMILES string of the molecule is O=C(Nc1c([N+](=O)[O-])cnn1-c1c(Cl)cc(C(F)(F)F)c(Cl)c1Cl)C(Cl)Cl. The zero-order valence-electron chi connectivity index (χ0n) is 12.3. The number of hydrogen-bond donors (Lipinski definition) is 1. The third kappa shape index (κ3) is 4.35. The van der Waals surface area contributed by atoms with Gasteiger partial charge in [-0.2, -0.15) is 18.3 Å². The van der Waals surface area contributed by atoms with Crippen LogP contribution in [0.4, 0.5) is 24.7 Å². The number of carbonyl (C=O) groups excluding carboxylic acids is 1. The van der Waals surface area contributed by atoms with Gasteiger partial charge < -0.3 is 5.32 Å². The zero-order chi connectivity index (χ0) is 20.7. The Morgan fingerprint density at radius 1 is 1.26 bits per heavy atom. The lowest BCUT2D eigenvalue weighted by atomic mass is 10.2. The molecular weight excluding hydrogens is 482 g/mol. The molecule has 0 aliphatic heterocycles. The standard InChI is InChI=1S/C12H4Cl5F3N4O3/c13-4-1-3(12(18,19)20)6(14)7(15)8(4)23-10(22-11(25)9(16)17)5(2-21-23)24(26)27/h1-2,9H,(H,22,25). The molecule has 0 spiro atoms. The van der Waals surface area contributed by atoms with Gasteiger partial charge in [-0.25, -0.2) is 4.68 Å². The summed E-state index contributed by atoms with van der Waals surface area (Å²) in [6.45, 7) is 0. The van der Waals surface area contributed by atoms with Gasteiger partial charge in [0.1, 0.15) is 11.9 Å². The van der Waals surface area contributed by atoms with E-state index in [1.165, 1.54) is 0 Å². The number of amides is 1. The summed E-state index contributed by atoms with van der Waals surface area (Å²) in [6, 6.07) is 0.468. The first-order valence-corrected chi connectivity index (χ1v) is 8.43. The van der Waals surface area contributed by atoms with Crippen molar-refractivity contribution < 1.29 is 22.9 Å². The number of anilines is 1. The fourth-order valence-corrected chi connectivity index (χ4v) is 2.89. The predicted octanol–water partition coefficient (Wildman–Crippen LogP) is 5.50. The highest BCUT2D eigenvalue weighted by molar-refractivity contribution is 6.54. The van der Waals surface area contributed by atoms with E-state index in [0.717, 1.165) is 0 Å². The smallest absolute Gasteiger partial charge is 0.302 e. The van der Waals surface area contributed by atoms with Crippen molar-refractivity contribution in [3.05, 3.63) is 43.0 Å². The van der Waals surface area contributed by atoms with Crippen LogP contribution in [0, 0.1) is 10.1 Å². The minimum Gasteiger partial charge on any atom is -0.302 e. The second-order valence-corrected chi connectivity index (χ2v) is 6.98. The molecule has 1 aromatic heterocycles. The van der Waals surface area contributed by atoms with Gasteiger partial charge in [0.2, 0.25) is 5.82 Å². The fraction of sp³-hybridized carbons (Fsp3) is 0.167. The van der Waals surface area contributed by atoms with Crippen LogP contribution in [0.25, 0.3) is 5.69 Å². The van der Waals surface area contributed by atoms with Gasteiger partial charge >= 0.3 is 11.9 Å². The van der Waals surface area contributed by atoms with Gasteiger partial charge in [0.05, 0.1) is 25.6 Å². The summed E-state index contributed by atoms with van der Waals surface area (Å²) >= 11 is 28.2. The van der Waals surface area contributed by atoms with Crippen LogP contribution in [-0.4, -0.2) is 25.4 Å². The molecule has 2 rings (SSSR count). The summed E-state index contributed by atoms with van der Waals surface area (Å²) in [5.74, 6) is -1.65. The quantitative estimate of drug-likeness (QED) is 0.267. The summed E-state index contributed by atoms with van der Waals surface area (Å²) < 4.78 is 39.6. The molecule has 0 saturated heterocycles. The van der Waals surface area contributed by atoms with Crippen LogP contribution in [-0.2, 0) is 11.0 Å². The number of alkyl halides is 5. The Morgan fingerprint density at radius 3 is 2.33 bits per heavy atom. The summed E-state index contributed by atoms with van der Waals surface area (Å²) in [6.07, 6.45) is -4.15. The van der Waals surface area contributed by atoms with Crippen molar-refractivity contribution in [1.29, 1.82) is 0 Å². The molecule has 1 aromatic carbocycles. The fourth-order valence-electron chi connectivity index (χ4n) is 1.92. The van der Waals surface area contributed by atoms with Crippen molar-refractivity contribution in [3.63, 3.8) is 0 Å². The first-order chi connectivity index (χ1) is 12.4. The molecule has 1 N–H and O–H groups in total. The summed E-state index contributed by atoms with van der Waals surface area (Å²) in [5.41, 5.74) is -2.47. The topological polar surface area (TPSA) is 90.1 Å². The molecule has 0 aliphatic carbocycles. The molecule has 15 heteroatoms. The van der Waals surface area contributed by atoms with Crippen LogP contribution in [0.5, 0.6) is 0 Å². The van der Waals surface area contributed by atoms with E-state index in [1.807, 2.05) is 5.32 Å². The molecule has 1 heterocycles. The number of halogens is 8. The molecule has 0 saturated carbocycles. The molecule has 146 valence electrons. The normalized spacial score (nSPS) is 11.7. The number of benzene rings is 1. The number of rotatable bonds is 4. The summed E-state index contributed by atoms with van der Waals surface area (Å²) in [4.78, 5) is 20.3. The maximum Gasteiger partial charge on any atom is 0.417 e. The van der Waals surface area contributed by atoms with Crippen molar-refractivity contribution in [2.45, 2.75) is 11.0 Å². The summed E-state index contributed by atoms with van der Waals surface area (Å²) in [5, 5.41) is 14.6. The molecule has 0 bridgehead atoms. The second-order valence-electron chi connectivity index (χ2n) is 4.72. The van der Waals surface area contributed by atoms with E-state index in [-0.39, 0.29) is 0 Å². The highest BCUT2D eigenvalue weighted by Crippen LogP contribution is 2.45. The number of carbonyl (C=O) groups is 1. The molecule has 0 aliphatic rings. The van der Waals surface area contributed by atoms with E-state index < -0.39 is 59.7 Å². The van der Waals surface area contributed by atoms with Crippen LogP contribution < -0.4 is 5.32 Å². The largest absolute Gasteiger partial charge is 0.417 e. The number of nitrogens with one attached hydrogen (secondary N) is 1. The highest BCUT2D eigenvalue weighted by atomic mass is 35.5. The minimum absolute atomic E-state index is 0.430. The van der Waals surface area contributed by atoms with Gasteiger partial charge in [-0.1, -0.05) is 58.0 Å². The Kier molecular flexibility index (Phi) is 6.37. The lowest BCUT2D eigenvalue weighted by Gasteiger charge is -2.16. The van der Waals surface area contributed by atoms with E-state index >= 15 is 0 Å². The van der Waals surface area contributed by atoms with Crippen molar-refractivity contribution >= 4 is 75.4 Å². The lowest BCUT2D eigenvalue weighted by molar-refractivity contribution is -0.384. The first-order valence-electron chi connectivity index (χ1n) is 6.42. The molecular formula is C12H4Cl5F3N4O3. The third-order valence-electron chi connectivity index (χ3n) is 3.04. The van der Waals surface area contributed by atoms with Crippen molar-refractivity contribution in [1.82, 2.24) is 9.78 Å². The van der Waals surface area contributed by atoms with E-state index in [9.17, 15) is 28.1 Å². The molecule has 0 fully saturated rings. The Bertz CT molecular complexity index is 932. The molecule has 2 aromatic rings. The third-order valence-corrected chi connectivity index (χ3v) is 4.58. The number of nitro groups is 1. The van der Waals surface area contributed by atoms with E-state index in [4.69, 9.17) is 58.0 Å². The van der Waals surface area contributed by atoms with E-state index in [0.29, 0.717) is 16.9 Å². The average molecular weight is 486 g/mol. The van der Waals surface area contributed by atoms with Gasteiger partial charge in [0.25, 0.3) is 5.91 Å². The van der Waals surface area contributed by atoms with Crippen molar-refractivity contribution in [3.8, 4) is 5.69 Å². The van der Waals surface area contributed by atoms with Crippen molar-refractivity contribution in [2.75, 3.05) is 5.32 Å². The minimum atomic E-state index is -4.86. The number of nitrogens with zero attached hydrogens (tertiary/aromatic N) is 3. The van der Waals surface area contributed by atoms with Crippen LogP contribution >= 0.6 is 58.0 Å². The zero-order valence-corrected chi connectivity index (χ0v) is 16.1. The molecule has 27 heavy (non-hydrogen) atoms. The van der Waals surface area contributed by atoms with Crippen LogP contribution in [0.2, 0.25) is 15.1 Å². The van der Waals surface area contributed by atoms with Gasteiger partial charge in [0.15, 0.2) is 4.84 Å². The Balaban J connectivity index is 2.74. The molecule has 0 atom stereocenters. The highest BCUT2D eigenvalue weighted by Gasteiger charge is 2.37. The number of hydrogen-bond acceptors (Lipinski definition) is 4. The van der Waals surface area contributed by atoms with Gasteiger partial charge in [-0.3, -0.25) is 14.9 Å². The summed E-state index contributed by atoms with van der Waals surface area (Å²) in [7, 11) is 0. The number of aromatic nitrogens is 2. The Hall–Kier alpha value is -1.46. The van der Waals surface area contributed by atoms with Crippen LogP contribution in [0.3, 0.4) is 0 Å². The van der Waals surface area contributed by atoms with Gasteiger partial charge in [-0.05, 0) is 6.07 Å². The maximum absolute atomic E-state index is 13.0. The predicted molar refractivity (Wildman–Crippen MR) is 94.4 cm³/mol. The van der Waals surface area contributed by atoms with Crippen LogP contribution in [0.1, 0.15) is 5.56 Å². The monoisotopic (exact) mass is 484 g/mol. The Labute approximate surface area is 173 Å².